The monoisotopic (exact) mass is 494 g/mol. The van der Waals surface area contributed by atoms with Gasteiger partial charge in [0.25, 0.3) is 0 Å². The minimum Gasteiger partial charge on any atom is -0.482 e. The Morgan fingerprint density at radius 3 is 2.69 bits per heavy atom. The highest BCUT2D eigenvalue weighted by atomic mass is 79.9. The minimum absolute atomic E-state index is 0.198. The molecule has 0 atom stereocenters. The van der Waals surface area contributed by atoms with E-state index in [4.69, 9.17) is 32.7 Å². The number of nitrogens with zero attached hydrogens (tertiary/aromatic N) is 2. The maximum atomic E-state index is 12.8. The van der Waals surface area contributed by atoms with Crippen molar-refractivity contribution in [2.24, 2.45) is 0 Å². The number of hydrogen-bond donors (Lipinski definition) is 0. The van der Waals surface area contributed by atoms with Gasteiger partial charge in [-0.1, -0.05) is 39.1 Å². The Kier molecular flexibility index (Phi) is 5.13. The first-order chi connectivity index (χ1) is 13.7. The molecule has 0 N–H and O–H groups in total. The molecular weight excluding hydrogens is 479 g/mol. The minimum atomic E-state index is -0.810. The summed E-state index contributed by atoms with van der Waals surface area (Å²) < 4.78 is 14.0. The zero-order valence-electron chi connectivity index (χ0n) is 15.9. The van der Waals surface area contributed by atoms with Crippen molar-refractivity contribution >= 4 is 45.1 Å². The van der Waals surface area contributed by atoms with Gasteiger partial charge in [0, 0.05) is 15.1 Å². The van der Waals surface area contributed by atoms with Gasteiger partial charge in [0.1, 0.15) is 11.4 Å². The summed E-state index contributed by atoms with van der Waals surface area (Å²) in [6.07, 6.45) is 0. The van der Waals surface area contributed by atoms with Crippen LogP contribution in [0.4, 0.5) is 0 Å². The van der Waals surface area contributed by atoms with Gasteiger partial charge < -0.3 is 9.47 Å². The molecule has 4 rings (SSSR count). The van der Waals surface area contributed by atoms with E-state index in [0.717, 1.165) is 15.7 Å². The van der Waals surface area contributed by atoms with Gasteiger partial charge in [-0.05, 0) is 57.2 Å². The molecule has 8 heteroatoms. The molecule has 3 aromatic rings. The molecule has 0 unspecified atom stereocenters. The highest BCUT2D eigenvalue weighted by Crippen LogP contribution is 2.48. The van der Waals surface area contributed by atoms with E-state index in [2.05, 4.69) is 21.0 Å². The first-order valence-electron chi connectivity index (χ1n) is 8.98. The largest absolute Gasteiger partial charge is 0.482 e. The van der Waals surface area contributed by atoms with Crippen LogP contribution in [0.5, 0.6) is 5.75 Å². The van der Waals surface area contributed by atoms with Gasteiger partial charge in [0.15, 0.2) is 5.69 Å². The molecule has 0 fully saturated rings. The number of fused-ring (bicyclic) bond motifs is 3. The maximum absolute atomic E-state index is 12.8. The van der Waals surface area contributed by atoms with Crippen LogP contribution >= 0.6 is 39.1 Å². The number of rotatable bonds is 3. The zero-order valence-corrected chi connectivity index (χ0v) is 19.0. The van der Waals surface area contributed by atoms with Gasteiger partial charge >= 0.3 is 5.97 Å². The van der Waals surface area contributed by atoms with E-state index < -0.39 is 11.6 Å². The summed E-state index contributed by atoms with van der Waals surface area (Å²) in [6.45, 7) is 5.79. The Morgan fingerprint density at radius 1 is 1.24 bits per heavy atom. The highest BCUT2D eigenvalue weighted by molar-refractivity contribution is 9.10. The van der Waals surface area contributed by atoms with Crippen LogP contribution in [0.2, 0.25) is 10.0 Å². The number of carbonyl (C=O) groups is 1. The number of hydrogen-bond acceptors (Lipinski definition) is 4. The summed E-state index contributed by atoms with van der Waals surface area (Å²) >= 11 is 16.1. The molecular formula is C21H17BrCl2N2O3. The van der Waals surface area contributed by atoms with Gasteiger partial charge in [-0.3, -0.25) is 0 Å². The van der Waals surface area contributed by atoms with E-state index in [1.807, 2.05) is 32.0 Å². The van der Waals surface area contributed by atoms with Crippen molar-refractivity contribution in [1.29, 1.82) is 0 Å². The molecule has 0 spiro atoms. The molecule has 1 aliphatic heterocycles. The quantitative estimate of drug-likeness (QED) is 0.394. The van der Waals surface area contributed by atoms with Crippen LogP contribution in [0.3, 0.4) is 0 Å². The van der Waals surface area contributed by atoms with Gasteiger partial charge in [-0.15, -0.1) is 0 Å². The van der Waals surface area contributed by atoms with Crippen LogP contribution in [-0.4, -0.2) is 22.4 Å². The maximum Gasteiger partial charge on any atom is 0.359 e. The molecule has 0 amide bonds. The standard InChI is InChI=1S/C21H17BrCl2N2O3/c1-4-28-20(27)18-17-19(26(25-18)15-7-6-12(23)10-14(15)24)13-9-11(22)5-8-16(13)29-21(17,2)3/h5-10H,4H2,1-3H3. The number of esters is 1. The van der Waals surface area contributed by atoms with Crippen molar-refractivity contribution in [1.82, 2.24) is 9.78 Å². The number of aromatic nitrogens is 2. The van der Waals surface area contributed by atoms with Crippen LogP contribution in [0, 0.1) is 0 Å². The van der Waals surface area contributed by atoms with E-state index >= 15 is 0 Å². The topological polar surface area (TPSA) is 53.3 Å². The van der Waals surface area contributed by atoms with Crippen LogP contribution < -0.4 is 4.74 Å². The molecule has 29 heavy (non-hydrogen) atoms. The molecule has 0 bridgehead atoms. The fourth-order valence-electron chi connectivity index (χ4n) is 3.51. The Hall–Kier alpha value is -2.02. The lowest BCUT2D eigenvalue weighted by atomic mass is 9.89. The second kappa shape index (κ2) is 7.35. The number of halogens is 3. The van der Waals surface area contributed by atoms with Crippen LogP contribution in [0.1, 0.15) is 36.8 Å². The molecule has 0 radical (unpaired) electrons. The third-order valence-electron chi connectivity index (χ3n) is 4.66. The predicted octanol–water partition coefficient (Wildman–Crippen LogP) is 6.41. The van der Waals surface area contributed by atoms with Crippen molar-refractivity contribution in [3.05, 3.63) is 62.2 Å². The van der Waals surface area contributed by atoms with Crippen molar-refractivity contribution in [2.45, 2.75) is 26.4 Å². The summed E-state index contributed by atoms with van der Waals surface area (Å²) in [4.78, 5) is 12.8. The third-order valence-corrected chi connectivity index (χ3v) is 5.69. The van der Waals surface area contributed by atoms with E-state index in [-0.39, 0.29) is 12.3 Å². The van der Waals surface area contributed by atoms with Crippen LogP contribution in [0.25, 0.3) is 16.9 Å². The normalized spacial score (nSPS) is 14.0. The molecule has 5 nitrogen and oxygen atoms in total. The summed E-state index contributed by atoms with van der Waals surface area (Å²) in [6, 6.07) is 10.9. The fraction of sp³-hybridized carbons (Fsp3) is 0.238. The molecule has 0 aliphatic carbocycles. The van der Waals surface area contributed by atoms with Gasteiger partial charge in [0.2, 0.25) is 0 Å². The predicted molar refractivity (Wildman–Crippen MR) is 116 cm³/mol. The van der Waals surface area contributed by atoms with Gasteiger partial charge in [-0.2, -0.15) is 5.10 Å². The summed E-state index contributed by atoms with van der Waals surface area (Å²) in [5, 5.41) is 5.54. The van der Waals surface area contributed by atoms with Crippen LogP contribution in [-0.2, 0) is 10.3 Å². The van der Waals surface area contributed by atoms with E-state index in [1.54, 1.807) is 29.8 Å². The van der Waals surface area contributed by atoms with Crippen molar-refractivity contribution in [3.8, 4) is 22.7 Å². The third kappa shape index (κ3) is 3.43. The van der Waals surface area contributed by atoms with Gasteiger partial charge in [-0.25, -0.2) is 9.48 Å². The summed E-state index contributed by atoms with van der Waals surface area (Å²) in [5.74, 6) is 0.176. The number of benzene rings is 2. The molecule has 0 saturated heterocycles. The molecule has 1 aliphatic rings. The van der Waals surface area contributed by atoms with Gasteiger partial charge in [0.05, 0.1) is 28.6 Å². The molecule has 2 heterocycles. The highest BCUT2D eigenvalue weighted by Gasteiger charge is 2.42. The fourth-order valence-corrected chi connectivity index (χ4v) is 4.36. The smallest absolute Gasteiger partial charge is 0.359 e. The Bertz CT molecular complexity index is 1140. The van der Waals surface area contributed by atoms with Crippen molar-refractivity contribution in [2.75, 3.05) is 6.61 Å². The first kappa shape index (κ1) is 20.3. The average molecular weight is 496 g/mol. The number of ether oxygens (including phenoxy) is 2. The lowest BCUT2D eigenvalue weighted by Crippen LogP contribution is -2.31. The summed E-state index contributed by atoms with van der Waals surface area (Å²) in [7, 11) is 0. The molecule has 2 aromatic carbocycles. The average Bonchev–Trinajstić information content (AvgIpc) is 3.04. The molecule has 1 aromatic heterocycles. The van der Waals surface area contributed by atoms with Crippen molar-refractivity contribution in [3.63, 3.8) is 0 Å². The lowest BCUT2D eigenvalue weighted by molar-refractivity contribution is 0.0500. The van der Waals surface area contributed by atoms with Crippen molar-refractivity contribution < 1.29 is 14.3 Å². The Morgan fingerprint density at radius 2 is 2.00 bits per heavy atom. The molecule has 0 saturated carbocycles. The molecule has 150 valence electrons. The van der Waals surface area contributed by atoms with Crippen LogP contribution in [0.15, 0.2) is 40.9 Å². The SMILES string of the molecule is CCOC(=O)c1nn(-c2ccc(Cl)cc2Cl)c2c1C(C)(C)Oc1ccc(Br)cc1-2. The Labute approximate surface area is 186 Å². The zero-order chi connectivity index (χ0) is 20.9. The first-order valence-corrected chi connectivity index (χ1v) is 10.5. The van der Waals surface area contributed by atoms with E-state index in [1.165, 1.54) is 0 Å². The second-order valence-corrected chi connectivity index (χ2v) is 8.81. The van der Waals surface area contributed by atoms with E-state index in [0.29, 0.717) is 27.0 Å². The Balaban J connectivity index is 2.09. The summed E-state index contributed by atoms with van der Waals surface area (Å²) in [5.41, 5.74) is 2.16. The lowest BCUT2D eigenvalue weighted by Gasteiger charge is -2.33. The second-order valence-electron chi connectivity index (χ2n) is 7.05. The van der Waals surface area contributed by atoms with E-state index in [9.17, 15) is 4.79 Å². The number of carbonyl (C=O) groups excluding carboxylic acids is 1.